The van der Waals surface area contributed by atoms with E-state index in [1.54, 1.807) is 4.90 Å². The van der Waals surface area contributed by atoms with Crippen LogP contribution >= 0.6 is 0 Å². The Hall–Kier alpha value is -2.04. The summed E-state index contributed by atoms with van der Waals surface area (Å²) in [7, 11) is 1.40. The molecule has 26 heavy (non-hydrogen) atoms. The lowest BCUT2D eigenvalue weighted by molar-refractivity contribution is 0.0422. The number of hydrogen-bond acceptors (Lipinski definition) is 3. The molecule has 5 heteroatoms. The minimum atomic E-state index is -0.301. The molecular weight excluding hydrogens is 328 g/mol. The average molecular weight is 358 g/mol. The van der Waals surface area contributed by atoms with Gasteiger partial charge in [-0.05, 0) is 61.1 Å². The van der Waals surface area contributed by atoms with Gasteiger partial charge in [0.2, 0.25) is 0 Å². The largest absolute Gasteiger partial charge is 0.465 e. The predicted octanol–water partition coefficient (Wildman–Crippen LogP) is 3.76. The summed E-state index contributed by atoms with van der Waals surface area (Å²) in [5.74, 6) is 0.417. The predicted molar refractivity (Wildman–Crippen MR) is 101 cm³/mol. The van der Waals surface area contributed by atoms with Crippen LogP contribution < -0.4 is 5.73 Å². The summed E-state index contributed by atoms with van der Waals surface area (Å²) in [6.45, 7) is 1.51. The molecule has 2 fully saturated rings. The first-order valence-corrected chi connectivity index (χ1v) is 9.76. The number of rotatable bonds is 4. The SMILES string of the molecule is COC(=O)c1ccc(CC2(C3CCCCC3)CCN(C(N)=O)CC2)cc1. The summed E-state index contributed by atoms with van der Waals surface area (Å²) in [6, 6.07) is 7.52. The van der Waals surface area contributed by atoms with E-state index in [4.69, 9.17) is 10.5 Å². The van der Waals surface area contributed by atoms with Gasteiger partial charge in [0, 0.05) is 13.1 Å². The van der Waals surface area contributed by atoms with Gasteiger partial charge >= 0.3 is 12.0 Å². The number of nitrogens with two attached hydrogens (primary N) is 1. The summed E-state index contributed by atoms with van der Waals surface area (Å²) < 4.78 is 4.79. The standard InChI is InChI=1S/C21H30N2O3/c1-26-19(24)17-9-7-16(8-10-17)15-21(18-5-3-2-4-6-18)11-13-23(14-12-21)20(22)25/h7-10,18H,2-6,11-15H2,1H3,(H2,22,25). The third-order valence-corrected chi connectivity index (χ3v) is 6.47. The lowest BCUT2D eigenvalue weighted by atomic mass is 9.61. The van der Waals surface area contributed by atoms with Crippen molar-refractivity contribution < 1.29 is 14.3 Å². The second kappa shape index (κ2) is 8.11. The fourth-order valence-electron chi connectivity index (χ4n) is 4.90. The summed E-state index contributed by atoms with van der Waals surface area (Å²) in [6.07, 6.45) is 9.58. The maximum absolute atomic E-state index is 11.7. The average Bonchev–Trinajstić information content (AvgIpc) is 2.69. The zero-order valence-corrected chi connectivity index (χ0v) is 15.7. The maximum Gasteiger partial charge on any atom is 0.337 e. The molecule has 1 saturated carbocycles. The third-order valence-electron chi connectivity index (χ3n) is 6.47. The molecule has 2 N–H and O–H groups in total. The van der Waals surface area contributed by atoms with Crippen molar-refractivity contribution in [3.05, 3.63) is 35.4 Å². The van der Waals surface area contributed by atoms with Crippen molar-refractivity contribution in [3.63, 3.8) is 0 Å². The number of urea groups is 1. The van der Waals surface area contributed by atoms with E-state index in [9.17, 15) is 9.59 Å². The Labute approximate surface area is 155 Å². The number of nitrogens with zero attached hydrogens (tertiary/aromatic N) is 1. The maximum atomic E-state index is 11.7. The van der Waals surface area contributed by atoms with Crippen molar-refractivity contribution in [3.8, 4) is 0 Å². The molecule has 1 saturated heterocycles. The highest BCUT2D eigenvalue weighted by Crippen LogP contribution is 2.48. The van der Waals surface area contributed by atoms with Crippen LogP contribution in [0.3, 0.4) is 0 Å². The molecule has 1 aliphatic carbocycles. The van der Waals surface area contributed by atoms with E-state index in [1.807, 2.05) is 12.1 Å². The quantitative estimate of drug-likeness (QED) is 0.833. The normalized spacial score (nSPS) is 20.6. The van der Waals surface area contributed by atoms with Crippen molar-refractivity contribution >= 4 is 12.0 Å². The highest BCUT2D eigenvalue weighted by Gasteiger charge is 2.42. The molecule has 2 amide bonds. The number of esters is 1. The van der Waals surface area contributed by atoms with Crippen molar-refractivity contribution in [2.24, 2.45) is 17.1 Å². The van der Waals surface area contributed by atoms with Crippen LogP contribution in [0, 0.1) is 11.3 Å². The molecule has 0 aromatic heterocycles. The van der Waals surface area contributed by atoms with Crippen molar-refractivity contribution in [2.75, 3.05) is 20.2 Å². The number of primary amides is 1. The first kappa shape index (κ1) is 18.7. The minimum Gasteiger partial charge on any atom is -0.465 e. The molecule has 1 heterocycles. The van der Waals surface area contributed by atoms with Crippen LogP contribution in [-0.2, 0) is 11.2 Å². The summed E-state index contributed by atoms with van der Waals surface area (Å²) in [5, 5.41) is 0. The summed E-state index contributed by atoms with van der Waals surface area (Å²) >= 11 is 0. The van der Waals surface area contributed by atoms with Crippen LogP contribution in [0.5, 0.6) is 0 Å². The van der Waals surface area contributed by atoms with Crippen LogP contribution in [0.2, 0.25) is 0 Å². The van der Waals surface area contributed by atoms with Gasteiger partial charge in [0.1, 0.15) is 0 Å². The van der Waals surface area contributed by atoms with Gasteiger partial charge in [-0.15, -0.1) is 0 Å². The Kier molecular flexibility index (Phi) is 5.84. The molecule has 5 nitrogen and oxygen atoms in total. The number of benzene rings is 1. The molecule has 0 bridgehead atoms. The first-order chi connectivity index (χ1) is 12.5. The smallest absolute Gasteiger partial charge is 0.337 e. The number of likely N-dealkylation sites (tertiary alicyclic amines) is 1. The number of piperidine rings is 1. The fourth-order valence-corrected chi connectivity index (χ4v) is 4.90. The van der Waals surface area contributed by atoms with Crippen LogP contribution in [0.4, 0.5) is 4.79 Å². The number of methoxy groups -OCH3 is 1. The minimum absolute atomic E-state index is 0.235. The molecule has 0 atom stereocenters. The van der Waals surface area contributed by atoms with Gasteiger partial charge in [-0.25, -0.2) is 9.59 Å². The van der Waals surface area contributed by atoms with Crippen LogP contribution in [-0.4, -0.2) is 37.1 Å². The van der Waals surface area contributed by atoms with Gasteiger partial charge in [-0.2, -0.15) is 0 Å². The van der Waals surface area contributed by atoms with Gasteiger partial charge in [0.05, 0.1) is 12.7 Å². The Morgan fingerprint density at radius 3 is 2.27 bits per heavy atom. The number of carbonyl (C=O) groups is 2. The second-order valence-corrected chi connectivity index (χ2v) is 7.89. The van der Waals surface area contributed by atoms with Gasteiger partial charge in [-0.3, -0.25) is 0 Å². The molecule has 2 aliphatic rings. The van der Waals surface area contributed by atoms with E-state index in [-0.39, 0.29) is 17.4 Å². The van der Waals surface area contributed by atoms with Crippen molar-refractivity contribution in [1.82, 2.24) is 4.90 Å². The van der Waals surface area contributed by atoms with Crippen molar-refractivity contribution in [2.45, 2.75) is 51.4 Å². The summed E-state index contributed by atoms with van der Waals surface area (Å²) in [5.41, 5.74) is 7.57. The number of hydrogen-bond donors (Lipinski definition) is 1. The second-order valence-electron chi connectivity index (χ2n) is 7.89. The number of amides is 2. The van der Waals surface area contributed by atoms with Gasteiger partial charge < -0.3 is 15.4 Å². The molecule has 0 radical (unpaired) electrons. The van der Waals surface area contributed by atoms with Gasteiger partial charge in [0.25, 0.3) is 0 Å². The fraction of sp³-hybridized carbons (Fsp3) is 0.619. The number of ether oxygens (including phenoxy) is 1. The molecule has 142 valence electrons. The Morgan fingerprint density at radius 2 is 1.73 bits per heavy atom. The van der Waals surface area contributed by atoms with E-state index in [1.165, 1.54) is 44.8 Å². The van der Waals surface area contributed by atoms with Crippen LogP contribution in [0.15, 0.2) is 24.3 Å². The lowest BCUT2D eigenvalue weighted by Gasteiger charge is -2.48. The summed E-state index contributed by atoms with van der Waals surface area (Å²) in [4.78, 5) is 25.0. The Bertz CT molecular complexity index is 627. The van der Waals surface area contributed by atoms with Crippen LogP contribution in [0.25, 0.3) is 0 Å². The lowest BCUT2D eigenvalue weighted by Crippen LogP contribution is -2.49. The van der Waals surface area contributed by atoms with Crippen molar-refractivity contribution in [1.29, 1.82) is 0 Å². The monoisotopic (exact) mass is 358 g/mol. The molecule has 0 unspecified atom stereocenters. The molecule has 3 rings (SSSR count). The Balaban J connectivity index is 1.77. The zero-order chi connectivity index (χ0) is 18.6. The highest BCUT2D eigenvalue weighted by atomic mass is 16.5. The molecule has 1 aromatic rings. The zero-order valence-electron chi connectivity index (χ0n) is 15.7. The van der Waals surface area contributed by atoms with E-state index in [0.29, 0.717) is 11.5 Å². The van der Waals surface area contributed by atoms with Gasteiger partial charge in [0.15, 0.2) is 0 Å². The van der Waals surface area contributed by atoms with Gasteiger partial charge in [-0.1, -0.05) is 31.4 Å². The highest BCUT2D eigenvalue weighted by molar-refractivity contribution is 5.89. The Morgan fingerprint density at radius 1 is 1.12 bits per heavy atom. The van der Waals surface area contributed by atoms with E-state index < -0.39 is 0 Å². The molecule has 1 aliphatic heterocycles. The topological polar surface area (TPSA) is 72.6 Å². The van der Waals surface area contributed by atoms with E-state index in [2.05, 4.69) is 12.1 Å². The van der Waals surface area contributed by atoms with Crippen LogP contribution in [0.1, 0.15) is 60.9 Å². The van der Waals surface area contributed by atoms with E-state index >= 15 is 0 Å². The first-order valence-electron chi connectivity index (χ1n) is 9.76. The molecule has 1 aromatic carbocycles. The number of carbonyl (C=O) groups excluding carboxylic acids is 2. The van der Waals surface area contributed by atoms with E-state index in [0.717, 1.165) is 32.4 Å². The third kappa shape index (κ3) is 4.02. The molecular formula is C21H30N2O3. The molecule has 0 spiro atoms.